The first-order chi connectivity index (χ1) is 15.2. The fraction of sp³-hybridized carbons (Fsp3) is 0.481. The monoisotopic (exact) mass is 420 g/mol. The molecule has 0 spiro atoms. The Kier molecular flexibility index (Phi) is 9.14. The van der Waals surface area contributed by atoms with E-state index in [0.717, 1.165) is 25.7 Å². The van der Waals surface area contributed by atoms with Gasteiger partial charge in [-0.1, -0.05) is 75.4 Å². The second kappa shape index (κ2) is 12.3. The third kappa shape index (κ3) is 7.23. The standard InChI is InChI=1S/C27H36N2O2/c1-2-3-4-5-6-7-11-21-16-18-23(19-17-21)27(31)28-20-26(30)29-25-15-10-13-22-12-8-9-14-24(22)25/h8-9,12,14,16-19,25H,2-7,10-11,13,15,20H2,1H3,(H,28,31)(H,29,30). The minimum atomic E-state index is -0.203. The van der Waals surface area contributed by atoms with E-state index < -0.39 is 0 Å². The smallest absolute Gasteiger partial charge is 0.251 e. The number of fused-ring (bicyclic) bond motifs is 1. The third-order valence-corrected chi connectivity index (χ3v) is 6.15. The fourth-order valence-corrected chi connectivity index (χ4v) is 4.34. The van der Waals surface area contributed by atoms with Crippen LogP contribution < -0.4 is 10.6 Å². The molecule has 0 saturated heterocycles. The molecule has 4 nitrogen and oxygen atoms in total. The third-order valence-electron chi connectivity index (χ3n) is 6.15. The van der Waals surface area contributed by atoms with Gasteiger partial charge in [0.1, 0.15) is 0 Å². The van der Waals surface area contributed by atoms with Gasteiger partial charge in [-0.25, -0.2) is 0 Å². The predicted molar refractivity (Wildman–Crippen MR) is 126 cm³/mol. The molecule has 0 radical (unpaired) electrons. The molecule has 2 aromatic rings. The van der Waals surface area contributed by atoms with Gasteiger partial charge in [0.25, 0.3) is 5.91 Å². The molecule has 4 heteroatoms. The molecule has 166 valence electrons. The first-order valence-electron chi connectivity index (χ1n) is 11.9. The zero-order chi connectivity index (χ0) is 21.9. The number of carbonyl (C=O) groups is 2. The molecule has 0 fully saturated rings. The highest BCUT2D eigenvalue weighted by molar-refractivity contribution is 5.96. The summed E-state index contributed by atoms with van der Waals surface area (Å²) in [7, 11) is 0. The Morgan fingerprint density at radius 3 is 2.48 bits per heavy atom. The maximum absolute atomic E-state index is 12.4. The Morgan fingerprint density at radius 2 is 1.68 bits per heavy atom. The van der Waals surface area contributed by atoms with Gasteiger partial charge in [-0.15, -0.1) is 0 Å². The van der Waals surface area contributed by atoms with Gasteiger partial charge in [0.15, 0.2) is 0 Å². The molecule has 1 aliphatic carbocycles. The summed E-state index contributed by atoms with van der Waals surface area (Å²) in [5.41, 5.74) is 4.38. The van der Waals surface area contributed by atoms with Gasteiger partial charge >= 0.3 is 0 Å². The lowest BCUT2D eigenvalue weighted by molar-refractivity contribution is -0.121. The van der Waals surface area contributed by atoms with Crippen LogP contribution in [-0.2, 0) is 17.6 Å². The number of amides is 2. The molecule has 2 amide bonds. The van der Waals surface area contributed by atoms with Crippen LogP contribution in [0.5, 0.6) is 0 Å². The Bertz CT molecular complexity index is 845. The zero-order valence-electron chi connectivity index (χ0n) is 18.8. The minimum absolute atomic E-state index is 0.00296. The van der Waals surface area contributed by atoms with Crippen LogP contribution in [0.25, 0.3) is 0 Å². The second-order valence-electron chi connectivity index (χ2n) is 8.61. The molecule has 31 heavy (non-hydrogen) atoms. The van der Waals surface area contributed by atoms with Crippen molar-refractivity contribution < 1.29 is 9.59 Å². The van der Waals surface area contributed by atoms with E-state index in [9.17, 15) is 9.59 Å². The highest BCUT2D eigenvalue weighted by Crippen LogP contribution is 2.29. The highest BCUT2D eigenvalue weighted by atomic mass is 16.2. The predicted octanol–water partition coefficient (Wildman–Crippen LogP) is 5.51. The molecule has 0 heterocycles. The van der Waals surface area contributed by atoms with Gasteiger partial charge in [0.2, 0.25) is 5.91 Å². The Labute approximate surface area is 186 Å². The average molecular weight is 421 g/mol. The Hall–Kier alpha value is -2.62. The number of rotatable bonds is 11. The summed E-state index contributed by atoms with van der Waals surface area (Å²) in [6.07, 6.45) is 11.8. The number of carbonyl (C=O) groups excluding carboxylic acids is 2. The minimum Gasteiger partial charge on any atom is -0.348 e. The van der Waals surface area contributed by atoms with Gasteiger partial charge in [0.05, 0.1) is 12.6 Å². The van der Waals surface area contributed by atoms with Crippen LogP contribution in [0.1, 0.15) is 91.4 Å². The Morgan fingerprint density at radius 1 is 0.935 bits per heavy atom. The van der Waals surface area contributed by atoms with Gasteiger partial charge in [-0.2, -0.15) is 0 Å². The Balaban J connectivity index is 1.40. The fourth-order valence-electron chi connectivity index (χ4n) is 4.34. The van der Waals surface area contributed by atoms with Crippen molar-refractivity contribution in [1.82, 2.24) is 10.6 Å². The lowest BCUT2D eigenvalue weighted by Gasteiger charge is -2.26. The van der Waals surface area contributed by atoms with Crippen LogP contribution in [0.15, 0.2) is 48.5 Å². The second-order valence-corrected chi connectivity index (χ2v) is 8.61. The molecule has 0 aromatic heterocycles. The van der Waals surface area contributed by atoms with Crippen LogP contribution in [0.4, 0.5) is 0 Å². The maximum Gasteiger partial charge on any atom is 0.251 e. The number of hydrogen-bond acceptors (Lipinski definition) is 2. The molecule has 0 bridgehead atoms. The van der Waals surface area contributed by atoms with E-state index in [-0.39, 0.29) is 24.4 Å². The van der Waals surface area contributed by atoms with Crippen molar-refractivity contribution in [3.63, 3.8) is 0 Å². The van der Waals surface area contributed by atoms with Crippen LogP contribution in [0, 0.1) is 0 Å². The SMILES string of the molecule is CCCCCCCCc1ccc(C(=O)NCC(=O)NC2CCCc3ccccc32)cc1. The summed E-state index contributed by atoms with van der Waals surface area (Å²) in [5, 5.41) is 5.83. The van der Waals surface area contributed by atoms with Gasteiger partial charge in [-0.3, -0.25) is 9.59 Å². The van der Waals surface area contributed by atoms with E-state index in [1.165, 1.54) is 55.2 Å². The molecule has 1 unspecified atom stereocenters. The zero-order valence-corrected chi connectivity index (χ0v) is 18.8. The summed E-state index contributed by atoms with van der Waals surface area (Å²) >= 11 is 0. The van der Waals surface area contributed by atoms with E-state index in [2.05, 4.69) is 29.7 Å². The van der Waals surface area contributed by atoms with E-state index >= 15 is 0 Å². The molecule has 0 aliphatic heterocycles. The van der Waals surface area contributed by atoms with Crippen molar-refractivity contribution in [3.8, 4) is 0 Å². The van der Waals surface area contributed by atoms with Crippen LogP contribution in [0.2, 0.25) is 0 Å². The molecular weight excluding hydrogens is 384 g/mol. The van der Waals surface area contributed by atoms with Crippen molar-refractivity contribution in [2.75, 3.05) is 6.54 Å². The lowest BCUT2D eigenvalue weighted by Crippen LogP contribution is -2.39. The molecule has 2 aromatic carbocycles. The first-order valence-corrected chi connectivity index (χ1v) is 11.9. The van der Waals surface area contributed by atoms with E-state index in [4.69, 9.17) is 0 Å². The summed E-state index contributed by atoms with van der Waals surface area (Å²) in [6.45, 7) is 2.23. The lowest BCUT2D eigenvalue weighted by atomic mass is 9.88. The number of benzene rings is 2. The quantitative estimate of drug-likeness (QED) is 0.471. The van der Waals surface area contributed by atoms with Crippen molar-refractivity contribution in [2.24, 2.45) is 0 Å². The molecule has 1 aliphatic rings. The molecule has 2 N–H and O–H groups in total. The largest absolute Gasteiger partial charge is 0.348 e. The molecular formula is C27H36N2O2. The van der Waals surface area contributed by atoms with Gasteiger partial charge in [0, 0.05) is 5.56 Å². The number of nitrogens with one attached hydrogen (secondary N) is 2. The molecule has 1 atom stereocenters. The number of hydrogen-bond donors (Lipinski definition) is 2. The topological polar surface area (TPSA) is 58.2 Å². The summed E-state index contributed by atoms with van der Waals surface area (Å²) < 4.78 is 0. The van der Waals surface area contributed by atoms with Gasteiger partial charge < -0.3 is 10.6 Å². The highest BCUT2D eigenvalue weighted by Gasteiger charge is 2.21. The van der Waals surface area contributed by atoms with E-state index in [0.29, 0.717) is 5.56 Å². The summed E-state index contributed by atoms with van der Waals surface area (Å²) in [6, 6.07) is 16.1. The van der Waals surface area contributed by atoms with E-state index in [1.54, 1.807) is 0 Å². The summed E-state index contributed by atoms with van der Waals surface area (Å²) in [4.78, 5) is 24.8. The summed E-state index contributed by atoms with van der Waals surface area (Å²) in [5.74, 6) is -0.347. The first kappa shape index (κ1) is 23.1. The normalized spacial score (nSPS) is 15.2. The van der Waals surface area contributed by atoms with E-state index in [1.807, 2.05) is 36.4 Å². The maximum atomic E-state index is 12.4. The van der Waals surface area contributed by atoms with Crippen molar-refractivity contribution in [3.05, 3.63) is 70.8 Å². The van der Waals surface area contributed by atoms with Gasteiger partial charge in [-0.05, 0) is 60.9 Å². The van der Waals surface area contributed by atoms with Crippen molar-refractivity contribution in [1.29, 1.82) is 0 Å². The molecule has 3 rings (SSSR count). The number of unbranched alkanes of at least 4 members (excludes halogenated alkanes) is 5. The van der Waals surface area contributed by atoms with Crippen LogP contribution in [0.3, 0.4) is 0 Å². The average Bonchev–Trinajstić information content (AvgIpc) is 2.80. The number of aryl methyl sites for hydroxylation is 2. The van der Waals surface area contributed by atoms with Crippen LogP contribution in [-0.4, -0.2) is 18.4 Å². The van der Waals surface area contributed by atoms with Crippen LogP contribution >= 0.6 is 0 Å². The van der Waals surface area contributed by atoms with Crippen molar-refractivity contribution in [2.45, 2.75) is 77.2 Å². The molecule has 0 saturated carbocycles. The van der Waals surface area contributed by atoms with Crippen molar-refractivity contribution >= 4 is 11.8 Å².